The Morgan fingerprint density at radius 1 is 1.20 bits per heavy atom. The molecule has 80 valence electrons. The second-order valence-electron chi connectivity index (χ2n) is 4.78. The first kappa shape index (κ1) is 11.8. The summed E-state index contributed by atoms with van der Waals surface area (Å²) < 4.78 is 0. The van der Waals surface area contributed by atoms with Gasteiger partial charge in [0.15, 0.2) is 0 Å². The van der Waals surface area contributed by atoms with Gasteiger partial charge in [-0.05, 0) is 41.5 Å². The first-order chi connectivity index (χ1) is 7.04. The van der Waals surface area contributed by atoms with Crippen molar-refractivity contribution in [1.82, 2.24) is 0 Å². The number of benzene rings is 1. The minimum absolute atomic E-state index is 0.534. The number of hydrogen-bond donors (Lipinski definition) is 0. The van der Waals surface area contributed by atoms with E-state index in [-0.39, 0.29) is 0 Å². The molecule has 0 N–H and O–H groups in total. The molecule has 0 aliphatic carbocycles. The van der Waals surface area contributed by atoms with Crippen LogP contribution in [0.15, 0.2) is 18.2 Å². The molecular weight excluding hydrogens is 182 g/mol. The average Bonchev–Trinajstić information content (AvgIpc) is 2.16. The van der Waals surface area contributed by atoms with Crippen molar-refractivity contribution in [2.24, 2.45) is 5.92 Å². The summed E-state index contributed by atoms with van der Waals surface area (Å²) in [5.74, 6) is 1.17. The lowest BCUT2D eigenvalue weighted by Gasteiger charge is -2.14. The van der Waals surface area contributed by atoms with Crippen LogP contribution in [0.2, 0.25) is 0 Å². The molecule has 1 rings (SSSR count). The summed E-state index contributed by atoms with van der Waals surface area (Å²) in [7, 11) is 0. The summed E-state index contributed by atoms with van der Waals surface area (Å²) in [4.78, 5) is 0. The zero-order valence-electron chi connectivity index (χ0n) is 10.0. The van der Waals surface area contributed by atoms with Gasteiger partial charge in [0.2, 0.25) is 0 Å². The number of hydrogen-bond acceptors (Lipinski definition) is 1. The second kappa shape index (κ2) is 4.98. The highest BCUT2D eigenvalue weighted by Crippen LogP contribution is 2.23. The van der Waals surface area contributed by atoms with Gasteiger partial charge >= 0.3 is 0 Å². The minimum Gasteiger partial charge on any atom is -0.192 e. The predicted molar refractivity (Wildman–Crippen MR) is 63.8 cm³/mol. The van der Waals surface area contributed by atoms with E-state index in [9.17, 15) is 0 Å². The lowest BCUT2D eigenvalue weighted by atomic mass is 9.90. The maximum atomic E-state index is 8.88. The van der Waals surface area contributed by atoms with Crippen LogP contribution in [0.5, 0.6) is 0 Å². The first-order valence-electron chi connectivity index (χ1n) is 5.57. The summed E-state index contributed by atoms with van der Waals surface area (Å²) in [6.45, 7) is 8.82. The Bertz CT molecular complexity index is 369. The summed E-state index contributed by atoms with van der Waals surface area (Å²) in [6.07, 6.45) is 1.06. The maximum Gasteiger partial charge on any atom is 0.0991 e. The summed E-state index contributed by atoms with van der Waals surface area (Å²) in [5.41, 5.74) is 3.48. The molecule has 0 saturated carbocycles. The van der Waals surface area contributed by atoms with Crippen molar-refractivity contribution in [3.8, 4) is 6.07 Å². The molecule has 15 heavy (non-hydrogen) atoms. The van der Waals surface area contributed by atoms with Crippen molar-refractivity contribution in [3.05, 3.63) is 34.9 Å². The van der Waals surface area contributed by atoms with Gasteiger partial charge < -0.3 is 0 Å². The van der Waals surface area contributed by atoms with Crippen molar-refractivity contribution < 1.29 is 0 Å². The molecule has 1 aromatic carbocycles. The summed E-state index contributed by atoms with van der Waals surface area (Å²) >= 11 is 0. The van der Waals surface area contributed by atoms with Gasteiger partial charge in [0.05, 0.1) is 11.6 Å². The first-order valence-corrected chi connectivity index (χ1v) is 5.57. The molecule has 0 heterocycles. The predicted octanol–water partition coefficient (Wildman–Crippen LogP) is 3.88. The van der Waals surface area contributed by atoms with E-state index in [1.54, 1.807) is 0 Å². The van der Waals surface area contributed by atoms with Gasteiger partial charge in [0, 0.05) is 0 Å². The topological polar surface area (TPSA) is 23.8 Å². The van der Waals surface area contributed by atoms with Crippen molar-refractivity contribution in [2.75, 3.05) is 0 Å². The molecule has 0 spiro atoms. The standard InChI is InChI=1S/C14H19N/c1-10(2)7-13-8-12(9-15)5-6-14(13)11(3)4/h5-6,8,10-11H,7H2,1-4H3. The van der Waals surface area contributed by atoms with Crippen LogP contribution in [0.1, 0.15) is 50.3 Å². The fourth-order valence-corrected chi connectivity index (χ4v) is 1.86. The van der Waals surface area contributed by atoms with Gasteiger partial charge in [-0.1, -0.05) is 33.8 Å². The van der Waals surface area contributed by atoms with Gasteiger partial charge in [0.25, 0.3) is 0 Å². The Morgan fingerprint density at radius 3 is 2.33 bits per heavy atom. The molecule has 0 fully saturated rings. The van der Waals surface area contributed by atoms with E-state index < -0.39 is 0 Å². The van der Waals surface area contributed by atoms with E-state index >= 15 is 0 Å². The van der Waals surface area contributed by atoms with E-state index in [1.165, 1.54) is 11.1 Å². The molecule has 0 unspecified atom stereocenters. The van der Waals surface area contributed by atoms with Gasteiger partial charge in [-0.15, -0.1) is 0 Å². The van der Waals surface area contributed by atoms with Crippen LogP contribution in [-0.2, 0) is 6.42 Å². The Morgan fingerprint density at radius 2 is 1.87 bits per heavy atom. The fraction of sp³-hybridized carbons (Fsp3) is 0.500. The summed E-state index contributed by atoms with van der Waals surface area (Å²) in [5, 5.41) is 8.88. The van der Waals surface area contributed by atoms with Crippen LogP contribution in [-0.4, -0.2) is 0 Å². The quantitative estimate of drug-likeness (QED) is 0.728. The minimum atomic E-state index is 0.534. The third-order valence-corrected chi connectivity index (χ3v) is 2.52. The third kappa shape index (κ3) is 3.09. The van der Waals surface area contributed by atoms with Crippen LogP contribution in [0.4, 0.5) is 0 Å². The Balaban J connectivity index is 3.12. The Labute approximate surface area is 92.7 Å². The smallest absolute Gasteiger partial charge is 0.0991 e. The van der Waals surface area contributed by atoms with Crippen LogP contribution in [0.3, 0.4) is 0 Å². The highest BCUT2D eigenvalue weighted by Gasteiger charge is 2.08. The highest BCUT2D eigenvalue weighted by atomic mass is 14.2. The average molecular weight is 201 g/mol. The monoisotopic (exact) mass is 201 g/mol. The fourth-order valence-electron chi connectivity index (χ4n) is 1.86. The van der Waals surface area contributed by atoms with Crippen LogP contribution < -0.4 is 0 Å². The molecule has 1 aromatic rings. The van der Waals surface area contributed by atoms with Gasteiger partial charge in [0.1, 0.15) is 0 Å². The molecule has 0 bridgehead atoms. The Hall–Kier alpha value is -1.29. The molecule has 0 aromatic heterocycles. The molecule has 0 aliphatic heterocycles. The maximum absolute atomic E-state index is 8.88. The normalized spacial score (nSPS) is 10.7. The van der Waals surface area contributed by atoms with E-state index in [4.69, 9.17) is 5.26 Å². The zero-order valence-corrected chi connectivity index (χ0v) is 10.0. The summed E-state index contributed by atoms with van der Waals surface area (Å²) in [6, 6.07) is 8.26. The van der Waals surface area contributed by atoms with Crippen molar-refractivity contribution >= 4 is 0 Å². The third-order valence-electron chi connectivity index (χ3n) is 2.52. The van der Waals surface area contributed by atoms with Crippen molar-refractivity contribution in [3.63, 3.8) is 0 Å². The molecule has 0 radical (unpaired) electrons. The van der Waals surface area contributed by atoms with Gasteiger partial charge in [-0.3, -0.25) is 0 Å². The van der Waals surface area contributed by atoms with Gasteiger partial charge in [-0.25, -0.2) is 0 Å². The second-order valence-corrected chi connectivity index (χ2v) is 4.78. The molecule has 1 nitrogen and oxygen atoms in total. The van der Waals surface area contributed by atoms with E-state index in [1.807, 2.05) is 12.1 Å². The zero-order chi connectivity index (χ0) is 11.4. The molecule has 0 saturated heterocycles. The lowest BCUT2D eigenvalue weighted by Crippen LogP contribution is -2.01. The SMILES string of the molecule is CC(C)Cc1cc(C#N)ccc1C(C)C. The van der Waals surface area contributed by atoms with Crippen molar-refractivity contribution in [2.45, 2.75) is 40.0 Å². The Kier molecular flexibility index (Phi) is 3.91. The van der Waals surface area contributed by atoms with E-state index in [2.05, 4.69) is 39.8 Å². The molecule has 0 atom stereocenters. The number of nitrogens with zero attached hydrogens (tertiary/aromatic N) is 1. The van der Waals surface area contributed by atoms with Crippen LogP contribution in [0.25, 0.3) is 0 Å². The van der Waals surface area contributed by atoms with Crippen LogP contribution >= 0.6 is 0 Å². The highest BCUT2D eigenvalue weighted by molar-refractivity contribution is 5.39. The van der Waals surface area contributed by atoms with E-state index in [0.717, 1.165) is 12.0 Å². The van der Waals surface area contributed by atoms with E-state index in [0.29, 0.717) is 11.8 Å². The van der Waals surface area contributed by atoms with Crippen molar-refractivity contribution in [1.29, 1.82) is 5.26 Å². The van der Waals surface area contributed by atoms with Gasteiger partial charge in [-0.2, -0.15) is 5.26 Å². The largest absolute Gasteiger partial charge is 0.192 e. The molecule has 0 aliphatic rings. The number of nitriles is 1. The lowest BCUT2D eigenvalue weighted by molar-refractivity contribution is 0.638. The number of rotatable bonds is 3. The molecule has 0 amide bonds. The molecule has 1 heteroatoms. The molecular formula is C14H19N. The van der Waals surface area contributed by atoms with Crippen LogP contribution in [0, 0.1) is 17.2 Å².